The Balaban J connectivity index is 2.25. The number of ketones is 1. The Morgan fingerprint density at radius 1 is 1.17 bits per heavy atom. The van der Waals surface area contributed by atoms with E-state index < -0.39 is 0 Å². The van der Waals surface area contributed by atoms with Gasteiger partial charge in [0, 0.05) is 20.3 Å². The van der Waals surface area contributed by atoms with Gasteiger partial charge in [-0.1, -0.05) is 25.0 Å². The number of carbonyl (C=O) groups excluding carboxylic acids is 3. The zero-order chi connectivity index (χ0) is 21.8. The molecule has 5 nitrogen and oxygen atoms in total. The number of esters is 2. The predicted molar refractivity (Wildman–Crippen MR) is 112 cm³/mol. The molecule has 0 spiro atoms. The van der Waals surface area contributed by atoms with Crippen LogP contribution in [0.4, 0.5) is 0 Å². The van der Waals surface area contributed by atoms with Gasteiger partial charge in [0.1, 0.15) is 6.61 Å². The van der Waals surface area contributed by atoms with Crippen LogP contribution in [0, 0.1) is 22.7 Å². The molecule has 0 radical (unpaired) electrons. The molecule has 0 aliphatic heterocycles. The Kier molecular flexibility index (Phi) is 7.47. The normalized spacial score (nSPS) is 32.3. The first-order valence-electron chi connectivity index (χ1n) is 10.6. The van der Waals surface area contributed by atoms with E-state index >= 15 is 0 Å². The SMILES string of the molecule is CC(=O)OC/C=C(\C)CC[C@]1(C)[C@H](COC(C)=O)CC[C@@]2(C)C(C)=CC(=O)C[C@@H]12. The van der Waals surface area contributed by atoms with Crippen molar-refractivity contribution in [1.82, 2.24) is 0 Å². The van der Waals surface area contributed by atoms with Crippen LogP contribution in [-0.2, 0) is 23.9 Å². The number of ether oxygens (including phenoxy) is 2. The van der Waals surface area contributed by atoms with Crippen LogP contribution in [0.3, 0.4) is 0 Å². The molecule has 2 aliphatic carbocycles. The average Bonchev–Trinajstić information content (AvgIpc) is 2.61. The van der Waals surface area contributed by atoms with Gasteiger partial charge in [-0.3, -0.25) is 14.4 Å². The van der Waals surface area contributed by atoms with E-state index in [4.69, 9.17) is 9.47 Å². The summed E-state index contributed by atoms with van der Waals surface area (Å²) in [6.45, 7) is 12.2. The van der Waals surface area contributed by atoms with E-state index in [0.717, 1.165) is 25.7 Å². The van der Waals surface area contributed by atoms with E-state index in [0.29, 0.717) is 13.0 Å². The number of rotatable bonds is 7. The molecule has 29 heavy (non-hydrogen) atoms. The van der Waals surface area contributed by atoms with Crippen molar-refractivity contribution in [3.05, 3.63) is 23.3 Å². The number of fused-ring (bicyclic) bond motifs is 1. The fourth-order valence-electron chi connectivity index (χ4n) is 5.33. The van der Waals surface area contributed by atoms with Crippen molar-refractivity contribution in [2.45, 2.75) is 73.6 Å². The monoisotopic (exact) mass is 404 g/mol. The molecule has 0 aromatic rings. The van der Waals surface area contributed by atoms with E-state index in [1.807, 2.05) is 19.1 Å². The average molecular weight is 405 g/mol. The van der Waals surface area contributed by atoms with Gasteiger partial charge in [0.25, 0.3) is 0 Å². The van der Waals surface area contributed by atoms with Crippen molar-refractivity contribution in [2.75, 3.05) is 13.2 Å². The van der Waals surface area contributed by atoms with Gasteiger partial charge in [-0.15, -0.1) is 0 Å². The zero-order valence-corrected chi connectivity index (χ0v) is 18.8. The molecule has 0 aromatic heterocycles. The second-order valence-electron chi connectivity index (χ2n) is 9.36. The summed E-state index contributed by atoms with van der Waals surface area (Å²) in [6, 6.07) is 0. The van der Waals surface area contributed by atoms with Gasteiger partial charge in [-0.2, -0.15) is 0 Å². The predicted octanol–water partition coefficient (Wildman–Crippen LogP) is 4.80. The summed E-state index contributed by atoms with van der Waals surface area (Å²) >= 11 is 0. The van der Waals surface area contributed by atoms with Crippen LogP contribution in [0.1, 0.15) is 73.6 Å². The van der Waals surface area contributed by atoms with Crippen LogP contribution in [0.2, 0.25) is 0 Å². The quantitative estimate of drug-likeness (QED) is 0.450. The highest BCUT2D eigenvalue weighted by Gasteiger charge is 2.55. The molecule has 0 bridgehead atoms. The Hall–Kier alpha value is -1.91. The maximum absolute atomic E-state index is 12.5. The largest absolute Gasteiger partial charge is 0.466 e. The van der Waals surface area contributed by atoms with E-state index in [9.17, 15) is 14.4 Å². The third kappa shape index (κ3) is 5.37. The number of hydrogen-bond donors (Lipinski definition) is 0. The standard InChI is InChI=1S/C24H36O5/c1-16(9-12-28-18(3)25)7-10-24(6)20(15-29-19(4)26)8-11-23(5)17(2)13-21(27)14-22(23)24/h9,13,20,22H,7-8,10-12,14-15H2,1-6H3/b16-9+/t20-,22+,23-,24+/m0/s1. The van der Waals surface area contributed by atoms with Crippen LogP contribution in [0.5, 0.6) is 0 Å². The first-order chi connectivity index (χ1) is 13.5. The van der Waals surface area contributed by atoms with Gasteiger partial charge in [-0.05, 0) is 74.3 Å². The van der Waals surface area contributed by atoms with E-state index in [2.05, 4.69) is 20.8 Å². The lowest BCUT2D eigenvalue weighted by atomic mass is 9.46. The molecule has 2 aliphatic rings. The Morgan fingerprint density at radius 2 is 1.83 bits per heavy atom. The molecular weight excluding hydrogens is 368 g/mol. The number of carbonyl (C=O) groups is 3. The summed E-state index contributed by atoms with van der Waals surface area (Å²) in [6.07, 6.45) is 8.08. The van der Waals surface area contributed by atoms with Crippen LogP contribution in [-0.4, -0.2) is 30.9 Å². The molecular formula is C24H36O5. The molecule has 0 heterocycles. The summed E-state index contributed by atoms with van der Waals surface area (Å²) < 4.78 is 10.5. The molecule has 2 rings (SSSR count). The van der Waals surface area contributed by atoms with E-state index in [1.165, 1.54) is 25.0 Å². The lowest BCUT2D eigenvalue weighted by Crippen LogP contribution is -2.52. The maximum Gasteiger partial charge on any atom is 0.302 e. The van der Waals surface area contributed by atoms with Crippen molar-refractivity contribution in [1.29, 1.82) is 0 Å². The van der Waals surface area contributed by atoms with Gasteiger partial charge in [0.2, 0.25) is 0 Å². The van der Waals surface area contributed by atoms with Gasteiger partial charge in [-0.25, -0.2) is 0 Å². The highest BCUT2D eigenvalue weighted by molar-refractivity contribution is 5.92. The minimum absolute atomic E-state index is 0.00471. The minimum Gasteiger partial charge on any atom is -0.466 e. The van der Waals surface area contributed by atoms with Crippen LogP contribution >= 0.6 is 0 Å². The van der Waals surface area contributed by atoms with Crippen LogP contribution in [0.25, 0.3) is 0 Å². The van der Waals surface area contributed by atoms with Crippen molar-refractivity contribution in [2.24, 2.45) is 22.7 Å². The Bertz CT molecular complexity index is 719. The molecule has 0 aromatic carbocycles. The molecule has 162 valence electrons. The zero-order valence-electron chi connectivity index (χ0n) is 18.8. The second-order valence-corrected chi connectivity index (χ2v) is 9.36. The minimum atomic E-state index is -0.284. The summed E-state index contributed by atoms with van der Waals surface area (Å²) in [5.41, 5.74) is 2.23. The van der Waals surface area contributed by atoms with E-state index in [-0.39, 0.29) is 47.0 Å². The van der Waals surface area contributed by atoms with Crippen LogP contribution in [0.15, 0.2) is 23.3 Å². The molecule has 0 unspecified atom stereocenters. The highest BCUT2D eigenvalue weighted by Crippen LogP contribution is 2.61. The van der Waals surface area contributed by atoms with Gasteiger partial charge < -0.3 is 9.47 Å². The molecule has 5 heteroatoms. The lowest BCUT2D eigenvalue weighted by Gasteiger charge is -2.58. The number of allylic oxidation sites excluding steroid dienone is 3. The summed E-state index contributed by atoms with van der Waals surface area (Å²) in [4.78, 5) is 34.9. The molecule has 1 saturated carbocycles. The fourth-order valence-corrected chi connectivity index (χ4v) is 5.33. The third-order valence-electron chi connectivity index (χ3n) is 7.46. The van der Waals surface area contributed by atoms with Gasteiger partial charge in [0.05, 0.1) is 6.61 Å². The molecule has 0 saturated heterocycles. The third-order valence-corrected chi connectivity index (χ3v) is 7.46. The van der Waals surface area contributed by atoms with Crippen molar-refractivity contribution >= 4 is 17.7 Å². The first-order valence-corrected chi connectivity index (χ1v) is 10.6. The number of hydrogen-bond acceptors (Lipinski definition) is 5. The first kappa shape index (κ1) is 23.4. The van der Waals surface area contributed by atoms with Crippen LogP contribution < -0.4 is 0 Å². The summed E-state index contributed by atoms with van der Waals surface area (Å²) in [5.74, 6) is 0.112. The lowest BCUT2D eigenvalue weighted by molar-refractivity contribution is -0.149. The van der Waals surface area contributed by atoms with Crippen molar-refractivity contribution in [3.63, 3.8) is 0 Å². The molecule has 0 N–H and O–H groups in total. The van der Waals surface area contributed by atoms with Gasteiger partial charge >= 0.3 is 11.9 Å². The van der Waals surface area contributed by atoms with Crippen molar-refractivity contribution in [3.8, 4) is 0 Å². The molecule has 1 fully saturated rings. The molecule has 0 amide bonds. The Labute approximate surface area is 174 Å². The van der Waals surface area contributed by atoms with E-state index in [1.54, 1.807) is 0 Å². The summed E-state index contributed by atoms with van der Waals surface area (Å²) in [5, 5.41) is 0. The maximum atomic E-state index is 12.5. The fraction of sp³-hybridized carbons (Fsp3) is 0.708. The Morgan fingerprint density at radius 3 is 2.45 bits per heavy atom. The smallest absolute Gasteiger partial charge is 0.302 e. The topological polar surface area (TPSA) is 69.7 Å². The summed E-state index contributed by atoms with van der Waals surface area (Å²) in [7, 11) is 0. The second kappa shape index (κ2) is 9.27. The highest BCUT2D eigenvalue weighted by atomic mass is 16.5. The van der Waals surface area contributed by atoms with Gasteiger partial charge in [0.15, 0.2) is 5.78 Å². The molecule has 4 atom stereocenters. The van der Waals surface area contributed by atoms with Crippen molar-refractivity contribution < 1.29 is 23.9 Å².